The van der Waals surface area contributed by atoms with E-state index in [-0.39, 0.29) is 6.61 Å². The van der Waals surface area contributed by atoms with Gasteiger partial charge in [0.1, 0.15) is 28.1 Å². The van der Waals surface area contributed by atoms with Crippen LogP contribution in [0.3, 0.4) is 0 Å². The Morgan fingerprint density at radius 2 is 0.821 bits per heavy atom. The summed E-state index contributed by atoms with van der Waals surface area (Å²) in [6, 6.07) is 39.1. The zero-order chi connectivity index (χ0) is 26.0. The largest absolute Gasteiger partial charge is 0.453 e. The highest BCUT2D eigenvalue weighted by atomic mass is 31.1. The predicted octanol–water partition coefficient (Wildman–Crippen LogP) is 10.4. The molecule has 39 heavy (non-hydrogen) atoms. The van der Waals surface area contributed by atoms with Crippen LogP contribution in [0, 0.1) is 0 Å². The lowest BCUT2D eigenvalue weighted by Gasteiger charge is -2.08. The molecule has 0 amide bonds. The minimum atomic E-state index is -1.78. The molecule has 0 spiro atoms. The van der Waals surface area contributed by atoms with Crippen LogP contribution >= 0.6 is 16.5 Å². The maximum absolute atomic E-state index is 6.32. The predicted molar refractivity (Wildman–Crippen MR) is 155 cm³/mol. The highest BCUT2D eigenvalue weighted by Crippen LogP contribution is 2.39. The van der Waals surface area contributed by atoms with Gasteiger partial charge in [0, 0.05) is 27.1 Å². The fourth-order valence-electron chi connectivity index (χ4n) is 4.44. The van der Waals surface area contributed by atoms with Gasteiger partial charge in [0.15, 0.2) is 0 Å². The molecule has 8 heteroatoms. The second-order valence-corrected chi connectivity index (χ2v) is 10.8. The third kappa shape index (κ3) is 4.82. The van der Waals surface area contributed by atoms with E-state index in [9.17, 15) is 0 Å². The van der Waals surface area contributed by atoms with E-state index in [2.05, 4.69) is 0 Å². The number of hydrogen-bond donors (Lipinski definition) is 0. The molecule has 0 unspecified atom stereocenters. The molecule has 0 saturated carbocycles. The van der Waals surface area contributed by atoms with Crippen molar-refractivity contribution in [1.82, 2.24) is 0 Å². The van der Waals surface area contributed by atoms with Crippen molar-refractivity contribution in [2.24, 2.45) is 0 Å². The summed E-state index contributed by atoms with van der Waals surface area (Å²) in [6.07, 6.45) is 0. The van der Waals surface area contributed by atoms with Crippen LogP contribution < -0.4 is 9.05 Å². The fourth-order valence-corrected chi connectivity index (χ4v) is 6.56. The van der Waals surface area contributed by atoms with Crippen LogP contribution in [0.1, 0.15) is 5.56 Å². The summed E-state index contributed by atoms with van der Waals surface area (Å²) in [5, 5.41) is 3.86. The van der Waals surface area contributed by atoms with Crippen LogP contribution in [-0.4, -0.2) is 0 Å². The van der Waals surface area contributed by atoms with Crippen molar-refractivity contribution in [2.75, 3.05) is 0 Å². The number of rotatable bonds is 5. The van der Waals surface area contributed by atoms with Gasteiger partial charge >= 0.3 is 16.5 Å². The second kappa shape index (κ2) is 10.4. The van der Waals surface area contributed by atoms with Crippen LogP contribution in [0.4, 0.5) is 0 Å². The van der Waals surface area contributed by atoms with Crippen LogP contribution in [0.15, 0.2) is 138 Å². The smallest absolute Gasteiger partial charge is 0.399 e. The number of para-hydroxylation sites is 5. The Morgan fingerprint density at radius 3 is 1.31 bits per heavy atom. The molecule has 0 aliphatic carbocycles. The van der Waals surface area contributed by atoms with Gasteiger partial charge in [-0.15, -0.1) is 0 Å². The molecule has 0 atom stereocenters. The number of benzene rings is 5. The Balaban J connectivity index is 1.25. The Morgan fingerprint density at radius 1 is 0.436 bits per heavy atom. The van der Waals surface area contributed by atoms with E-state index in [0.29, 0.717) is 16.9 Å². The summed E-state index contributed by atoms with van der Waals surface area (Å²) >= 11 is 0. The summed E-state index contributed by atoms with van der Waals surface area (Å²) in [7, 11) is -3.49. The molecule has 192 valence electrons. The molecule has 5 aromatic carbocycles. The van der Waals surface area contributed by atoms with Crippen LogP contribution in [0.25, 0.3) is 43.9 Å². The van der Waals surface area contributed by atoms with Crippen molar-refractivity contribution >= 4 is 60.4 Å². The number of fused-ring (bicyclic) bond motifs is 6. The van der Waals surface area contributed by atoms with Gasteiger partial charge in [-0.25, -0.2) is 0 Å². The monoisotopic (exact) mass is 552 g/mol. The van der Waals surface area contributed by atoms with E-state index < -0.39 is 16.5 Å². The summed E-state index contributed by atoms with van der Waals surface area (Å²) in [4.78, 5) is 0. The third-order valence-corrected chi connectivity index (χ3v) is 8.36. The van der Waals surface area contributed by atoms with Gasteiger partial charge in [0.05, 0.1) is 6.61 Å². The quantitative estimate of drug-likeness (QED) is 0.212. The van der Waals surface area contributed by atoms with Crippen LogP contribution in [0.5, 0.6) is 5.75 Å². The molecular weight excluding hydrogens is 530 g/mol. The lowest BCUT2D eigenvalue weighted by atomic mass is 10.1. The third-order valence-electron chi connectivity index (χ3n) is 6.29. The molecule has 0 fully saturated rings. The molecule has 0 N–H and O–H groups in total. The number of hydrogen-bond acceptors (Lipinski definition) is 6. The Labute approximate surface area is 225 Å². The topological polar surface area (TPSA) is 71.0 Å². The van der Waals surface area contributed by atoms with Crippen molar-refractivity contribution in [2.45, 2.75) is 6.61 Å². The molecule has 2 aromatic heterocycles. The van der Waals surface area contributed by atoms with Gasteiger partial charge in [0.2, 0.25) is 0 Å². The molecule has 0 radical (unpaired) electrons. The van der Waals surface area contributed by atoms with E-state index in [1.807, 2.05) is 121 Å². The summed E-state index contributed by atoms with van der Waals surface area (Å²) in [5.41, 5.74) is 3.68. The molecule has 0 aliphatic rings. The van der Waals surface area contributed by atoms with Crippen molar-refractivity contribution in [3.05, 3.63) is 127 Å². The average molecular weight is 552 g/mol. The summed E-state index contributed by atoms with van der Waals surface area (Å²) < 4.78 is 37.3. The molecule has 0 saturated heterocycles. The van der Waals surface area contributed by atoms with Crippen molar-refractivity contribution < 1.29 is 25.8 Å². The van der Waals surface area contributed by atoms with Gasteiger partial charge in [0.25, 0.3) is 0 Å². The first-order valence-electron chi connectivity index (χ1n) is 12.4. The molecule has 0 bridgehead atoms. The highest BCUT2D eigenvalue weighted by molar-refractivity contribution is 7.32. The SMILES string of the molecule is c1ccc(Op2oc3ccccc3c3ccccc3o2)c(COp2oc3ccccc3c3ccccc3o2)c1. The minimum Gasteiger partial charge on any atom is -0.399 e. The van der Waals surface area contributed by atoms with Gasteiger partial charge in [-0.3, -0.25) is 4.52 Å². The molecule has 6 nitrogen and oxygen atoms in total. The van der Waals surface area contributed by atoms with E-state index in [0.717, 1.165) is 38.3 Å². The van der Waals surface area contributed by atoms with Crippen LogP contribution in [-0.2, 0) is 6.61 Å². The first-order valence-corrected chi connectivity index (χ1v) is 14.6. The van der Waals surface area contributed by atoms with Crippen LogP contribution in [0.2, 0.25) is 0 Å². The normalized spacial score (nSPS) is 11.3. The second-order valence-electron chi connectivity index (χ2n) is 8.77. The Kier molecular flexibility index (Phi) is 6.36. The standard InChI is InChI=1S/C31H22O6P2/c1-6-16-27(33-39-36-30-19-9-4-14-25(30)26-15-5-10-20-31(26)37-39)22(11-1)21-32-38-34-28-17-7-2-12-23(28)24-13-3-8-18-29(24)35-38/h1-20H,21H2. The summed E-state index contributed by atoms with van der Waals surface area (Å²) in [5.74, 6) is 0.603. The van der Waals surface area contributed by atoms with E-state index >= 15 is 0 Å². The lowest BCUT2D eigenvalue weighted by Crippen LogP contribution is -1.95. The minimum absolute atomic E-state index is 0.211. The maximum Gasteiger partial charge on any atom is 0.453 e. The molecule has 2 heterocycles. The molecule has 7 rings (SSSR count). The van der Waals surface area contributed by atoms with Gasteiger partial charge in [-0.05, 0) is 30.3 Å². The van der Waals surface area contributed by atoms with Crippen molar-refractivity contribution in [3.63, 3.8) is 0 Å². The zero-order valence-electron chi connectivity index (χ0n) is 20.6. The van der Waals surface area contributed by atoms with E-state index in [4.69, 9.17) is 25.8 Å². The Hall–Kier alpha value is -4.34. The van der Waals surface area contributed by atoms with E-state index in [1.165, 1.54) is 0 Å². The Bertz CT molecular complexity index is 1910. The van der Waals surface area contributed by atoms with Crippen molar-refractivity contribution in [1.29, 1.82) is 0 Å². The van der Waals surface area contributed by atoms with E-state index in [1.54, 1.807) is 0 Å². The van der Waals surface area contributed by atoms with Gasteiger partial charge in [-0.2, -0.15) is 0 Å². The van der Waals surface area contributed by atoms with Crippen molar-refractivity contribution in [3.8, 4) is 5.75 Å². The fraction of sp³-hybridized carbons (Fsp3) is 0.0323. The summed E-state index contributed by atoms with van der Waals surface area (Å²) in [6.45, 7) is 0.211. The molecular formula is C31H22O6P2. The highest BCUT2D eigenvalue weighted by Gasteiger charge is 2.13. The lowest BCUT2D eigenvalue weighted by molar-refractivity contribution is 0.359. The zero-order valence-corrected chi connectivity index (χ0v) is 22.4. The first-order chi connectivity index (χ1) is 19.3. The van der Waals surface area contributed by atoms with Gasteiger partial charge in [-0.1, -0.05) is 91.0 Å². The molecule has 7 aromatic rings. The first kappa shape index (κ1) is 23.8. The molecule has 0 aliphatic heterocycles. The van der Waals surface area contributed by atoms with Gasteiger partial charge < -0.3 is 21.3 Å². The maximum atomic E-state index is 6.32. The average Bonchev–Trinajstić information content (AvgIpc) is 3.24.